The molecule has 7 heteroatoms. The first-order valence-electron chi connectivity index (χ1n) is 5.95. The first-order valence-corrected chi connectivity index (χ1v) is 7.79. The molecule has 1 atom stereocenters. The van der Waals surface area contributed by atoms with Gasteiger partial charge in [-0.15, -0.1) is 0 Å². The lowest BCUT2D eigenvalue weighted by Crippen LogP contribution is -2.29. The highest BCUT2D eigenvalue weighted by Crippen LogP contribution is 2.26. The minimum Gasteiger partial charge on any atom is -0.481 e. The Morgan fingerprint density at radius 1 is 1.40 bits per heavy atom. The minimum absolute atomic E-state index is 0.0855. The Labute approximate surface area is 141 Å². The highest BCUT2D eigenvalue weighted by molar-refractivity contribution is 14.1. The van der Waals surface area contributed by atoms with E-state index >= 15 is 0 Å². The molecule has 0 aliphatic carbocycles. The Morgan fingerprint density at radius 3 is 2.65 bits per heavy atom. The molecule has 1 rings (SSSR count). The molecule has 0 bridgehead atoms. The second-order valence-electron chi connectivity index (χ2n) is 4.50. The molecule has 0 aliphatic rings. The molecule has 0 aromatic heterocycles. The Morgan fingerprint density at radius 2 is 2.05 bits per heavy atom. The maximum Gasteiger partial charge on any atom is 0.303 e. The number of aliphatic carboxylic acids is 1. The molecule has 0 fully saturated rings. The normalized spacial score (nSPS) is 12.0. The van der Waals surface area contributed by atoms with Gasteiger partial charge in [0.1, 0.15) is 0 Å². The van der Waals surface area contributed by atoms with E-state index in [9.17, 15) is 9.59 Å². The van der Waals surface area contributed by atoms with Crippen molar-refractivity contribution in [2.75, 3.05) is 6.54 Å². The van der Waals surface area contributed by atoms with Gasteiger partial charge in [0.05, 0.1) is 10.6 Å². The molecule has 0 spiro atoms. The number of carboxylic acid groups (broad SMARTS) is 1. The van der Waals surface area contributed by atoms with Crippen LogP contribution in [0.25, 0.3) is 0 Å². The number of rotatable bonds is 6. The summed E-state index contributed by atoms with van der Waals surface area (Å²) in [5, 5.41) is 12.2. The van der Waals surface area contributed by atoms with Gasteiger partial charge in [0.15, 0.2) is 0 Å². The Balaban J connectivity index is 2.61. The number of amides is 1. The van der Waals surface area contributed by atoms with E-state index in [1.54, 1.807) is 12.1 Å². The van der Waals surface area contributed by atoms with E-state index in [0.717, 1.165) is 0 Å². The van der Waals surface area contributed by atoms with Crippen molar-refractivity contribution in [2.45, 2.75) is 19.8 Å². The fraction of sp³-hybridized carbons (Fsp3) is 0.385. The van der Waals surface area contributed by atoms with Crippen LogP contribution in [-0.4, -0.2) is 23.5 Å². The third-order valence-corrected chi connectivity index (χ3v) is 4.70. The summed E-state index contributed by atoms with van der Waals surface area (Å²) in [6.45, 7) is 2.30. The lowest BCUT2D eigenvalue weighted by Gasteiger charge is -2.13. The number of carboxylic acids is 1. The van der Waals surface area contributed by atoms with E-state index in [1.165, 1.54) is 0 Å². The molecule has 1 aromatic carbocycles. The van der Waals surface area contributed by atoms with Crippen molar-refractivity contribution in [1.82, 2.24) is 5.32 Å². The van der Waals surface area contributed by atoms with Crippen LogP contribution in [0.4, 0.5) is 0 Å². The quantitative estimate of drug-likeness (QED) is 0.533. The summed E-state index contributed by atoms with van der Waals surface area (Å²) in [6, 6.07) is 3.14. The van der Waals surface area contributed by atoms with Crippen molar-refractivity contribution in [3.63, 3.8) is 0 Å². The number of halogens is 3. The van der Waals surface area contributed by atoms with Crippen molar-refractivity contribution < 1.29 is 14.7 Å². The predicted molar refractivity (Wildman–Crippen MR) is 87.5 cm³/mol. The summed E-state index contributed by atoms with van der Waals surface area (Å²) in [4.78, 5) is 22.5. The topological polar surface area (TPSA) is 66.4 Å². The van der Waals surface area contributed by atoms with Crippen LogP contribution in [0.2, 0.25) is 10.0 Å². The van der Waals surface area contributed by atoms with Crippen molar-refractivity contribution in [1.29, 1.82) is 0 Å². The zero-order valence-corrected chi connectivity index (χ0v) is 14.4. The average Bonchev–Trinajstić information content (AvgIpc) is 2.37. The second-order valence-corrected chi connectivity index (χ2v) is 6.42. The van der Waals surface area contributed by atoms with Crippen molar-refractivity contribution in [2.24, 2.45) is 5.92 Å². The molecule has 0 saturated heterocycles. The largest absolute Gasteiger partial charge is 0.481 e. The highest BCUT2D eigenvalue weighted by Gasteiger charge is 2.15. The van der Waals surface area contributed by atoms with Gasteiger partial charge in [-0.25, -0.2) is 0 Å². The monoisotopic (exact) mass is 429 g/mol. The lowest BCUT2D eigenvalue weighted by atomic mass is 10.1. The lowest BCUT2D eigenvalue weighted by molar-refractivity contribution is -0.137. The number of benzene rings is 1. The third kappa shape index (κ3) is 5.46. The van der Waals surface area contributed by atoms with Crippen molar-refractivity contribution >= 4 is 57.7 Å². The molecular formula is C13H14Cl2INO3. The van der Waals surface area contributed by atoms with E-state index in [2.05, 4.69) is 5.32 Å². The average molecular weight is 430 g/mol. The fourth-order valence-corrected chi connectivity index (χ4v) is 2.61. The van der Waals surface area contributed by atoms with Gasteiger partial charge in [-0.2, -0.15) is 0 Å². The molecule has 110 valence electrons. The van der Waals surface area contributed by atoms with E-state index in [0.29, 0.717) is 32.1 Å². The summed E-state index contributed by atoms with van der Waals surface area (Å²) in [7, 11) is 0. The van der Waals surface area contributed by atoms with Gasteiger partial charge >= 0.3 is 5.97 Å². The molecule has 1 amide bonds. The van der Waals surface area contributed by atoms with E-state index in [4.69, 9.17) is 28.3 Å². The zero-order valence-electron chi connectivity index (χ0n) is 10.8. The number of hydrogen-bond acceptors (Lipinski definition) is 2. The van der Waals surface area contributed by atoms with Crippen LogP contribution in [0.3, 0.4) is 0 Å². The van der Waals surface area contributed by atoms with Crippen LogP contribution in [0.15, 0.2) is 12.1 Å². The molecule has 0 aliphatic heterocycles. The molecule has 20 heavy (non-hydrogen) atoms. The maximum absolute atomic E-state index is 12.1. The van der Waals surface area contributed by atoms with Gasteiger partial charge in [0, 0.05) is 21.6 Å². The summed E-state index contributed by atoms with van der Waals surface area (Å²) in [5.41, 5.74) is 0.425. The number of carbonyl (C=O) groups excluding carboxylic acids is 1. The molecular weight excluding hydrogens is 416 g/mol. The van der Waals surface area contributed by atoms with Gasteiger partial charge in [-0.05, 0) is 47.1 Å². The Kier molecular flexibility index (Phi) is 7.05. The molecule has 1 aromatic rings. The number of carbonyl (C=O) groups is 2. The first-order chi connectivity index (χ1) is 9.31. The van der Waals surface area contributed by atoms with Crippen LogP contribution < -0.4 is 5.32 Å². The fourth-order valence-electron chi connectivity index (χ4n) is 1.56. The molecule has 0 radical (unpaired) electrons. The van der Waals surface area contributed by atoms with Gasteiger partial charge in [-0.3, -0.25) is 9.59 Å². The maximum atomic E-state index is 12.1. The molecule has 2 N–H and O–H groups in total. The standard InChI is InChI=1S/C13H14Cl2INO3/c1-7(2-3-11(18)19)6-17-13(20)9-4-8(14)5-10(15)12(9)16/h4-5,7H,2-3,6H2,1H3,(H,17,20)(H,18,19). The highest BCUT2D eigenvalue weighted by atomic mass is 127. The number of hydrogen-bond donors (Lipinski definition) is 2. The van der Waals surface area contributed by atoms with Crippen LogP contribution in [0.1, 0.15) is 30.1 Å². The minimum atomic E-state index is -0.834. The molecule has 0 heterocycles. The van der Waals surface area contributed by atoms with Crippen LogP contribution in [0.5, 0.6) is 0 Å². The second kappa shape index (κ2) is 8.05. The van der Waals surface area contributed by atoms with Crippen molar-refractivity contribution in [3.05, 3.63) is 31.3 Å². The van der Waals surface area contributed by atoms with Gasteiger partial charge in [0.2, 0.25) is 0 Å². The van der Waals surface area contributed by atoms with Crippen LogP contribution in [-0.2, 0) is 4.79 Å². The molecule has 0 saturated carbocycles. The van der Waals surface area contributed by atoms with Crippen LogP contribution in [0, 0.1) is 9.49 Å². The first kappa shape index (κ1) is 17.5. The summed E-state index contributed by atoms with van der Waals surface area (Å²) in [5.74, 6) is -1.01. The molecule has 4 nitrogen and oxygen atoms in total. The smallest absolute Gasteiger partial charge is 0.303 e. The third-order valence-electron chi connectivity index (χ3n) is 2.70. The van der Waals surface area contributed by atoms with Gasteiger partial charge < -0.3 is 10.4 Å². The van der Waals surface area contributed by atoms with Crippen LogP contribution >= 0.6 is 45.8 Å². The molecule has 1 unspecified atom stereocenters. The van der Waals surface area contributed by atoms with E-state index in [1.807, 2.05) is 29.5 Å². The van der Waals surface area contributed by atoms with Gasteiger partial charge in [0.25, 0.3) is 5.91 Å². The number of nitrogens with one attached hydrogen (secondary N) is 1. The van der Waals surface area contributed by atoms with E-state index < -0.39 is 5.97 Å². The zero-order chi connectivity index (χ0) is 15.3. The predicted octanol–water partition coefficient (Wildman–Crippen LogP) is 3.83. The Hall–Kier alpha value is -0.530. The Bertz CT molecular complexity index is 523. The van der Waals surface area contributed by atoms with Gasteiger partial charge in [-0.1, -0.05) is 30.1 Å². The summed E-state index contributed by atoms with van der Waals surface area (Å²) in [6.07, 6.45) is 0.612. The SMILES string of the molecule is CC(CCC(=O)O)CNC(=O)c1cc(Cl)cc(Cl)c1I. The van der Waals surface area contributed by atoms with Crippen molar-refractivity contribution in [3.8, 4) is 0 Å². The summed E-state index contributed by atoms with van der Waals surface area (Å²) >= 11 is 13.8. The van der Waals surface area contributed by atoms with E-state index in [-0.39, 0.29) is 18.2 Å². The summed E-state index contributed by atoms with van der Waals surface area (Å²) < 4.78 is 0.643.